The SMILES string of the molecule is O=Cc1cn(CCOCCOCCOCCNC(=O)CCCC[C@@H]2SCC3NC(=O)NC32)nn1. The van der Waals surface area contributed by atoms with Gasteiger partial charge in [-0.25, -0.2) is 9.48 Å². The number of carbonyl (C=O) groups excluding carboxylic acids is 3. The highest BCUT2D eigenvalue weighted by molar-refractivity contribution is 8.00. The maximum atomic E-state index is 11.9. The summed E-state index contributed by atoms with van der Waals surface area (Å²) in [6, 6.07) is 0.416. The average Bonchev–Trinajstić information content (AvgIpc) is 3.53. The largest absolute Gasteiger partial charge is 0.377 e. The van der Waals surface area contributed by atoms with Crippen LogP contribution in [0.15, 0.2) is 6.20 Å². The van der Waals surface area contributed by atoms with E-state index in [0.29, 0.717) is 76.4 Å². The van der Waals surface area contributed by atoms with Gasteiger partial charge in [0.25, 0.3) is 0 Å². The van der Waals surface area contributed by atoms with Crippen LogP contribution in [0.25, 0.3) is 0 Å². The fourth-order valence-corrected chi connectivity index (χ4v) is 5.35. The summed E-state index contributed by atoms with van der Waals surface area (Å²) in [5.74, 6) is 1.00. The van der Waals surface area contributed by atoms with Crippen LogP contribution in [0.1, 0.15) is 36.2 Å². The van der Waals surface area contributed by atoms with Crippen LogP contribution < -0.4 is 16.0 Å². The van der Waals surface area contributed by atoms with Crippen LogP contribution in [-0.4, -0.2) is 102 Å². The van der Waals surface area contributed by atoms with Gasteiger partial charge < -0.3 is 30.2 Å². The van der Waals surface area contributed by atoms with Gasteiger partial charge in [0.05, 0.1) is 64.5 Å². The molecule has 2 aliphatic heterocycles. The maximum Gasteiger partial charge on any atom is 0.315 e. The van der Waals surface area contributed by atoms with Gasteiger partial charge in [-0.15, -0.1) is 5.10 Å². The fraction of sp³-hybridized carbons (Fsp3) is 0.762. The number of thioether (sulfide) groups is 1. The smallest absolute Gasteiger partial charge is 0.315 e. The molecule has 0 radical (unpaired) electrons. The number of urea groups is 1. The molecule has 2 fully saturated rings. The Hall–Kier alpha value is -2.22. The number of nitrogens with zero attached hydrogens (tertiary/aromatic N) is 3. The Morgan fingerprint density at radius 1 is 1.15 bits per heavy atom. The highest BCUT2D eigenvalue weighted by Crippen LogP contribution is 2.33. The average molecular weight is 499 g/mol. The van der Waals surface area contributed by atoms with E-state index in [1.54, 1.807) is 10.9 Å². The van der Waals surface area contributed by atoms with Crippen LogP contribution in [-0.2, 0) is 25.5 Å². The molecule has 190 valence electrons. The van der Waals surface area contributed by atoms with Crippen molar-refractivity contribution in [2.24, 2.45) is 0 Å². The first-order valence-electron chi connectivity index (χ1n) is 11.7. The predicted octanol–water partition coefficient (Wildman–Crippen LogP) is -0.0176. The van der Waals surface area contributed by atoms with Gasteiger partial charge in [0, 0.05) is 24.0 Å². The van der Waals surface area contributed by atoms with Crippen molar-refractivity contribution in [2.75, 3.05) is 51.9 Å². The van der Waals surface area contributed by atoms with Gasteiger partial charge in [-0.1, -0.05) is 11.6 Å². The van der Waals surface area contributed by atoms with Gasteiger partial charge >= 0.3 is 6.03 Å². The number of hydrogen-bond donors (Lipinski definition) is 3. The van der Waals surface area contributed by atoms with Gasteiger partial charge in [-0.2, -0.15) is 11.8 Å². The van der Waals surface area contributed by atoms with E-state index >= 15 is 0 Å². The molecule has 2 unspecified atom stereocenters. The summed E-state index contributed by atoms with van der Waals surface area (Å²) in [7, 11) is 0. The predicted molar refractivity (Wildman–Crippen MR) is 125 cm³/mol. The van der Waals surface area contributed by atoms with E-state index in [2.05, 4.69) is 26.3 Å². The molecule has 1 aromatic rings. The van der Waals surface area contributed by atoms with Gasteiger partial charge in [0.2, 0.25) is 5.91 Å². The monoisotopic (exact) mass is 498 g/mol. The third-order valence-electron chi connectivity index (χ3n) is 5.54. The molecule has 2 aliphatic rings. The lowest BCUT2D eigenvalue weighted by Gasteiger charge is -2.16. The number of aldehydes is 1. The van der Waals surface area contributed by atoms with Crippen molar-refractivity contribution in [3.05, 3.63) is 11.9 Å². The molecule has 2 saturated heterocycles. The number of amides is 3. The maximum absolute atomic E-state index is 11.9. The molecule has 13 heteroatoms. The molecule has 1 aromatic heterocycles. The molecule has 34 heavy (non-hydrogen) atoms. The van der Waals surface area contributed by atoms with Crippen LogP contribution in [0.2, 0.25) is 0 Å². The van der Waals surface area contributed by atoms with Gasteiger partial charge in [0.15, 0.2) is 6.29 Å². The summed E-state index contributed by atoms with van der Waals surface area (Å²) in [5.41, 5.74) is 0.301. The number of ether oxygens (including phenoxy) is 3. The minimum Gasteiger partial charge on any atom is -0.377 e. The summed E-state index contributed by atoms with van der Waals surface area (Å²) in [6.07, 6.45) is 5.56. The zero-order valence-electron chi connectivity index (χ0n) is 19.3. The van der Waals surface area contributed by atoms with Crippen molar-refractivity contribution >= 4 is 30.0 Å². The van der Waals surface area contributed by atoms with Crippen LogP contribution in [0, 0.1) is 0 Å². The van der Waals surface area contributed by atoms with E-state index < -0.39 is 0 Å². The Morgan fingerprint density at radius 2 is 1.91 bits per heavy atom. The number of nitrogens with one attached hydrogen (secondary N) is 3. The first-order valence-corrected chi connectivity index (χ1v) is 12.7. The Morgan fingerprint density at radius 3 is 2.68 bits per heavy atom. The normalized spacial score (nSPS) is 21.2. The van der Waals surface area contributed by atoms with Crippen molar-refractivity contribution in [3.8, 4) is 0 Å². The molecule has 0 aromatic carbocycles. The van der Waals surface area contributed by atoms with Gasteiger partial charge in [-0.3, -0.25) is 9.59 Å². The summed E-state index contributed by atoms with van der Waals surface area (Å²) >= 11 is 1.90. The van der Waals surface area contributed by atoms with Crippen LogP contribution in [0.5, 0.6) is 0 Å². The standard InChI is InChI=1S/C21H34N6O6S/c28-14-16-13-27(26-25-16)6-8-32-10-12-33-11-9-31-7-5-22-19(29)4-2-1-3-18-20-17(15-34-18)23-21(30)24-20/h13-14,17-18,20H,1-12,15H2,(H,22,29)(H2,23,24,30)/t17?,18-,20?/m0/s1. The van der Waals surface area contributed by atoms with Crippen molar-refractivity contribution in [1.82, 2.24) is 30.9 Å². The number of aromatic nitrogens is 3. The van der Waals surface area contributed by atoms with Crippen molar-refractivity contribution < 1.29 is 28.6 Å². The van der Waals surface area contributed by atoms with Gasteiger partial charge in [-0.05, 0) is 12.8 Å². The Balaban J connectivity index is 1.05. The Labute approximate surface area is 203 Å². The third-order valence-corrected chi connectivity index (χ3v) is 7.04. The van der Waals surface area contributed by atoms with Crippen LogP contribution in [0.3, 0.4) is 0 Å². The topological polar surface area (TPSA) is 146 Å². The molecule has 0 spiro atoms. The number of fused-ring (bicyclic) bond motifs is 1. The second-order valence-corrected chi connectivity index (χ2v) is 9.35. The zero-order valence-corrected chi connectivity index (χ0v) is 20.1. The molecule has 3 amide bonds. The number of hydrogen-bond acceptors (Lipinski definition) is 9. The second kappa shape index (κ2) is 14.9. The fourth-order valence-electron chi connectivity index (χ4n) is 3.80. The molecule has 3 atom stereocenters. The minimum absolute atomic E-state index is 0.0399. The van der Waals surface area contributed by atoms with E-state index in [-0.39, 0.29) is 24.0 Å². The van der Waals surface area contributed by atoms with E-state index in [1.165, 1.54) is 0 Å². The molecule has 0 aliphatic carbocycles. The van der Waals surface area contributed by atoms with Crippen LogP contribution in [0.4, 0.5) is 4.79 Å². The van der Waals surface area contributed by atoms with E-state index in [1.807, 2.05) is 11.8 Å². The zero-order chi connectivity index (χ0) is 24.0. The molecule has 12 nitrogen and oxygen atoms in total. The Bertz CT molecular complexity index is 781. The molecule has 3 rings (SSSR count). The molecular weight excluding hydrogens is 464 g/mol. The summed E-state index contributed by atoms with van der Waals surface area (Å²) < 4.78 is 17.9. The lowest BCUT2D eigenvalue weighted by molar-refractivity contribution is -0.121. The van der Waals surface area contributed by atoms with E-state index in [4.69, 9.17) is 14.2 Å². The molecule has 3 heterocycles. The quantitative estimate of drug-likeness (QED) is 0.144. The van der Waals surface area contributed by atoms with Crippen molar-refractivity contribution in [2.45, 2.75) is 49.6 Å². The highest BCUT2D eigenvalue weighted by atomic mass is 32.2. The molecule has 3 N–H and O–H groups in total. The summed E-state index contributed by atoms with van der Waals surface area (Å²) in [5, 5.41) is 16.7. The molecular formula is C21H34N6O6S. The first-order chi connectivity index (χ1) is 16.7. The number of unbranched alkanes of at least 4 members (excludes halogenated alkanes) is 1. The van der Waals surface area contributed by atoms with Crippen molar-refractivity contribution in [1.29, 1.82) is 0 Å². The van der Waals surface area contributed by atoms with Gasteiger partial charge in [0.1, 0.15) is 5.69 Å². The second-order valence-electron chi connectivity index (χ2n) is 8.08. The lowest BCUT2D eigenvalue weighted by atomic mass is 10.0. The van der Waals surface area contributed by atoms with Crippen LogP contribution >= 0.6 is 11.8 Å². The minimum atomic E-state index is -0.0607. The number of carbonyl (C=O) groups is 3. The number of rotatable bonds is 18. The van der Waals surface area contributed by atoms with Crippen molar-refractivity contribution in [3.63, 3.8) is 0 Å². The molecule has 0 bridgehead atoms. The Kier molecular flexibility index (Phi) is 11.6. The summed E-state index contributed by atoms with van der Waals surface area (Å²) in [6.45, 7) is 3.73. The lowest BCUT2D eigenvalue weighted by Crippen LogP contribution is -2.36. The van der Waals surface area contributed by atoms with E-state index in [0.717, 1.165) is 25.0 Å². The highest BCUT2D eigenvalue weighted by Gasteiger charge is 2.42. The molecule has 0 saturated carbocycles. The van der Waals surface area contributed by atoms with E-state index in [9.17, 15) is 14.4 Å². The summed E-state index contributed by atoms with van der Waals surface area (Å²) in [4.78, 5) is 33.9. The third kappa shape index (κ3) is 9.20. The first kappa shape index (κ1) is 26.4.